The number of fused-ring (bicyclic) bond motifs is 4. The summed E-state index contributed by atoms with van der Waals surface area (Å²) in [5.74, 6) is 0.896. The van der Waals surface area contributed by atoms with Crippen LogP contribution in [0.4, 0.5) is 5.69 Å². The number of carbonyl (C=O) groups is 2. The molecule has 2 aliphatic heterocycles. The third-order valence-electron chi connectivity index (χ3n) is 7.21. The van der Waals surface area contributed by atoms with E-state index in [0.717, 1.165) is 54.6 Å². The largest absolute Gasteiger partial charge is 0.450 e. The zero-order chi connectivity index (χ0) is 23.3. The Hall–Kier alpha value is -2.67. The third kappa shape index (κ3) is 3.86. The normalized spacial score (nSPS) is 21.6. The molecule has 2 aromatic rings. The van der Waals surface area contributed by atoms with Crippen molar-refractivity contribution >= 4 is 40.1 Å². The van der Waals surface area contributed by atoms with Gasteiger partial charge in [-0.05, 0) is 45.2 Å². The minimum atomic E-state index is -0.302. The third-order valence-corrected chi connectivity index (χ3v) is 7.51. The Labute approximate surface area is 198 Å². The standard InChI is InChI=1S/C25H31ClN4O3/c1-14(2)30(13-17-7-8-20(31)28-17)24(32)19-12-16-11-18(26)22-21(23(16)33-19)25(29-15(3)27-22)9-5-4-6-10-25/h11-12,14,17,27,29H,3-10,13H2,1-2H3,(H,28,31). The molecule has 1 unspecified atom stereocenters. The molecule has 1 aromatic heterocycles. The smallest absolute Gasteiger partial charge is 0.289 e. The van der Waals surface area contributed by atoms with Gasteiger partial charge in [-0.2, -0.15) is 0 Å². The van der Waals surface area contributed by atoms with Gasteiger partial charge in [0.15, 0.2) is 5.76 Å². The molecule has 1 spiro atoms. The molecule has 1 atom stereocenters. The van der Waals surface area contributed by atoms with Gasteiger partial charge in [-0.25, -0.2) is 0 Å². The van der Waals surface area contributed by atoms with E-state index in [4.69, 9.17) is 16.0 Å². The van der Waals surface area contributed by atoms with Gasteiger partial charge in [0.2, 0.25) is 5.91 Å². The molecule has 5 rings (SSSR count). The van der Waals surface area contributed by atoms with Gasteiger partial charge in [0, 0.05) is 36.0 Å². The zero-order valence-electron chi connectivity index (χ0n) is 19.2. The Morgan fingerprint density at radius 3 is 2.73 bits per heavy atom. The summed E-state index contributed by atoms with van der Waals surface area (Å²) >= 11 is 6.71. The van der Waals surface area contributed by atoms with Crippen molar-refractivity contribution in [3.8, 4) is 0 Å². The molecule has 2 fully saturated rings. The van der Waals surface area contributed by atoms with Crippen LogP contribution in [0.2, 0.25) is 5.02 Å². The molecule has 0 bridgehead atoms. The topological polar surface area (TPSA) is 86.6 Å². The second-order valence-corrected chi connectivity index (χ2v) is 10.3. The molecule has 3 N–H and O–H groups in total. The zero-order valence-corrected chi connectivity index (χ0v) is 20.0. The second-order valence-electron chi connectivity index (χ2n) is 9.86. The van der Waals surface area contributed by atoms with E-state index in [-0.39, 0.29) is 29.4 Å². The number of carbonyl (C=O) groups excluding carboxylic acids is 2. The van der Waals surface area contributed by atoms with Crippen molar-refractivity contribution in [3.63, 3.8) is 0 Å². The lowest BCUT2D eigenvalue weighted by Crippen LogP contribution is -2.48. The van der Waals surface area contributed by atoms with Crippen LogP contribution < -0.4 is 16.0 Å². The number of anilines is 1. The van der Waals surface area contributed by atoms with E-state index in [1.807, 2.05) is 19.9 Å². The van der Waals surface area contributed by atoms with Gasteiger partial charge in [0.25, 0.3) is 5.91 Å². The van der Waals surface area contributed by atoms with Crippen LogP contribution in [0.15, 0.2) is 28.9 Å². The van der Waals surface area contributed by atoms with Crippen molar-refractivity contribution in [2.24, 2.45) is 0 Å². The minimum absolute atomic E-state index is 0.0275. The number of hydrogen-bond donors (Lipinski definition) is 3. The van der Waals surface area contributed by atoms with Crippen molar-refractivity contribution < 1.29 is 14.0 Å². The molecule has 7 nitrogen and oxygen atoms in total. The maximum Gasteiger partial charge on any atom is 0.289 e. The van der Waals surface area contributed by atoms with Crippen LogP contribution in [0.25, 0.3) is 11.0 Å². The van der Waals surface area contributed by atoms with Crippen molar-refractivity contribution in [1.82, 2.24) is 15.5 Å². The fourth-order valence-corrected chi connectivity index (χ4v) is 5.88. The summed E-state index contributed by atoms with van der Waals surface area (Å²) in [7, 11) is 0. The summed E-state index contributed by atoms with van der Waals surface area (Å²) < 4.78 is 6.32. The van der Waals surface area contributed by atoms with Crippen LogP contribution in [0.1, 0.15) is 74.9 Å². The number of nitrogens with one attached hydrogen (secondary N) is 3. The molecule has 3 aliphatic rings. The summed E-state index contributed by atoms with van der Waals surface area (Å²) in [5.41, 5.74) is 2.21. The number of amides is 2. The van der Waals surface area contributed by atoms with Gasteiger partial charge >= 0.3 is 0 Å². The van der Waals surface area contributed by atoms with E-state index < -0.39 is 0 Å². The maximum absolute atomic E-state index is 13.5. The Morgan fingerprint density at radius 1 is 1.30 bits per heavy atom. The predicted molar refractivity (Wildman–Crippen MR) is 129 cm³/mol. The number of halogens is 1. The Balaban J connectivity index is 1.56. The summed E-state index contributed by atoms with van der Waals surface area (Å²) in [5, 5.41) is 11.2. The number of rotatable bonds is 4. The SMILES string of the molecule is C=C1Nc2c(Cl)cc3cc(C(=O)N(CC4CCC(=O)N4)C(C)C)oc3c2C2(CCCCC2)N1. The Kier molecular flexibility index (Phi) is 5.55. The first-order valence-electron chi connectivity index (χ1n) is 11.9. The highest BCUT2D eigenvalue weighted by Gasteiger charge is 2.42. The van der Waals surface area contributed by atoms with Crippen LogP contribution >= 0.6 is 11.6 Å². The predicted octanol–water partition coefficient (Wildman–Crippen LogP) is 4.86. The van der Waals surface area contributed by atoms with Gasteiger partial charge in [0.1, 0.15) is 5.58 Å². The highest BCUT2D eigenvalue weighted by atomic mass is 35.5. The first-order chi connectivity index (χ1) is 15.8. The lowest BCUT2D eigenvalue weighted by atomic mass is 9.74. The van der Waals surface area contributed by atoms with Gasteiger partial charge in [-0.3, -0.25) is 9.59 Å². The van der Waals surface area contributed by atoms with Crippen molar-refractivity contribution in [2.75, 3.05) is 11.9 Å². The van der Waals surface area contributed by atoms with Crippen molar-refractivity contribution in [2.45, 2.75) is 76.4 Å². The number of hydrogen-bond acceptors (Lipinski definition) is 5. The molecule has 1 saturated heterocycles. The van der Waals surface area contributed by atoms with Crippen molar-refractivity contribution in [1.29, 1.82) is 0 Å². The average molecular weight is 471 g/mol. The van der Waals surface area contributed by atoms with Crippen molar-refractivity contribution in [3.05, 3.63) is 40.9 Å². The quantitative estimate of drug-likeness (QED) is 0.594. The van der Waals surface area contributed by atoms with E-state index in [0.29, 0.717) is 29.3 Å². The summed E-state index contributed by atoms with van der Waals surface area (Å²) in [6, 6.07) is 3.60. The lowest BCUT2D eigenvalue weighted by molar-refractivity contribution is -0.119. The maximum atomic E-state index is 13.5. The lowest BCUT2D eigenvalue weighted by Gasteiger charge is -2.44. The summed E-state index contributed by atoms with van der Waals surface area (Å²) in [6.07, 6.45) is 6.57. The van der Waals surface area contributed by atoms with Crippen LogP contribution in [0.3, 0.4) is 0 Å². The molecule has 1 aliphatic carbocycles. The number of nitrogens with zero attached hydrogens (tertiary/aromatic N) is 1. The molecule has 8 heteroatoms. The monoisotopic (exact) mass is 470 g/mol. The summed E-state index contributed by atoms with van der Waals surface area (Å²) in [6.45, 7) is 8.53. The molecule has 1 aromatic carbocycles. The van der Waals surface area contributed by atoms with Gasteiger partial charge in [-0.1, -0.05) is 37.4 Å². The van der Waals surface area contributed by atoms with Gasteiger partial charge in [-0.15, -0.1) is 0 Å². The van der Waals surface area contributed by atoms with E-state index in [1.54, 1.807) is 11.0 Å². The molecule has 176 valence electrons. The molecule has 3 heterocycles. The Morgan fingerprint density at radius 2 is 2.06 bits per heavy atom. The first kappa shape index (κ1) is 22.1. The van der Waals surface area contributed by atoms with Gasteiger partial charge < -0.3 is 25.3 Å². The van der Waals surface area contributed by atoms with E-state index in [2.05, 4.69) is 22.5 Å². The number of benzene rings is 1. The molecule has 1 saturated carbocycles. The van der Waals surface area contributed by atoms with Crippen LogP contribution in [-0.2, 0) is 10.3 Å². The number of furan rings is 1. The minimum Gasteiger partial charge on any atom is -0.450 e. The summed E-state index contributed by atoms with van der Waals surface area (Å²) in [4.78, 5) is 27.0. The van der Waals surface area contributed by atoms with Gasteiger partial charge in [0.05, 0.1) is 22.1 Å². The molecular formula is C25H31ClN4O3. The average Bonchev–Trinajstić information content (AvgIpc) is 3.37. The first-order valence-corrected chi connectivity index (χ1v) is 12.3. The molecular weight excluding hydrogens is 440 g/mol. The van der Waals surface area contributed by atoms with E-state index in [9.17, 15) is 9.59 Å². The molecule has 0 radical (unpaired) electrons. The fourth-order valence-electron chi connectivity index (χ4n) is 5.62. The van der Waals surface area contributed by atoms with E-state index in [1.165, 1.54) is 6.42 Å². The highest BCUT2D eigenvalue weighted by molar-refractivity contribution is 6.34. The fraction of sp³-hybridized carbons (Fsp3) is 0.520. The van der Waals surface area contributed by atoms with Crippen LogP contribution in [0.5, 0.6) is 0 Å². The Bertz CT molecular complexity index is 1130. The van der Waals surface area contributed by atoms with E-state index >= 15 is 0 Å². The molecule has 33 heavy (non-hydrogen) atoms. The van der Waals surface area contributed by atoms with Crippen LogP contribution in [0, 0.1) is 0 Å². The highest BCUT2D eigenvalue weighted by Crippen LogP contribution is 2.49. The second kappa shape index (κ2) is 8.28. The van der Waals surface area contributed by atoms with Crippen LogP contribution in [-0.4, -0.2) is 35.3 Å². The molecule has 2 amide bonds.